The molecule has 4 fully saturated rings. The molecule has 4 aliphatic rings. The molecule has 416 valence electrons. The summed E-state index contributed by atoms with van der Waals surface area (Å²) in [6.45, 7) is 13.0. The summed E-state index contributed by atoms with van der Waals surface area (Å²) in [5.74, 6) is -5.58. The number of fused-ring (bicyclic) bond motifs is 2. The molecular formula is C52H80N4O18. The molecule has 22 nitrogen and oxygen atoms in total. The lowest BCUT2D eigenvalue weighted by Crippen LogP contribution is -2.64. The van der Waals surface area contributed by atoms with Gasteiger partial charge in [-0.15, -0.1) is 0 Å². The summed E-state index contributed by atoms with van der Waals surface area (Å²) < 4.78 is 58.2. The average Bonchev–Trinajstić information content (AvgIpc) is 3.34. The van der Waals surface area contributed by atoms with Crippen LogP contribution in [0, 0.1) is 17.8 Å². The number of carboxylic acid groups (broad SMARTS) is 1. The van der Waals surface area contributed by atoms with Crippen LogP contribution in [0.15, 0.2) is 29.2 Å². The Hall–Kier alpha value is -4.33. The number of carbonyl (C=O) groups excluding carboxylic acids is 3. The van der Waals surface area contributed by atoms with Gasteiger partial charge in [-0.1, -0.05) is 13.8 Å². The first kappa shape index (κ1) is 58.9. The molecule has 3 saturated heterocycles. The Labute approximate surface area is 432 Å². The Morgan fingerprint density at radius 2 is 1.59 bits per heavy atom. The van der Waals surface area contributed by atoms with Gasteiger partial charge in [0.25, 0.3) is 0 Å². The van der Waals surface area contributed by atoms with Gasteiger partial charge in [0, 0.05) is 83.4 Å². The second-order valence-electron chi connectivity index (χ2n) is 21.6. The third kappa shape index (κ3) is 12.4. The van der Waals surface area contributed by atoms with Crippen molar-refractivity contribution in [2.24, 2.45) is 17.8 Å². The summed E-state index contributed by atoms with van der Waals surface area (Å²) in [7, 11) is 10.1. The van der Waals surface area contributed by atoms with Crippen molar-refractivity contribution < 1.29 is 82.2 Å². The highest BCUT2D eigenvalue weighted by atomic mass is 16.7. The van der Waals surface area contributed by atoms with Crippen LogP contribution in [-0.4, -0.2) is 200 Å². The summed E-state index contributed by atoms with van der Waals surface area (Å²) in [6.07, 6.45) is -8.47. The van der Waals surface area contributed by atoms with E-state index in [2.05, 4.69) is 5.32 Å². The van der Waals surface area contributed by atoms with Crippen molar-refractivity contribution in [1.82, 2.24) is 14.9 Å². The topological polar surface area (TPSA) is 273 Å². The van der Waals surface area contributed by atoms with E-state index in [1.165, 1.54) is 26.5 Å². The average molecular weight is 1050 g/mol. The minimum atomic E-state index is -2.01. The minimum absolute atomic E-state index is 0.0103. The van der Waals surface area contributed by atoms with E-state index in [1.54, 1.807) is 77.5 Å². The summed E-state index contributed by atoms with van der Waals surface area (Å²) >= 11 is 0. The van der Waals surface area contributed by atoms with E-state index in [0.29, 0.717) is 24.2 Å². The number of aromatic carboxylic acids is 1. The molecule has 6 rings (SSSR count). The minimum Gasteiger partial charge on any atom is -0.492 e. The lowest BCUT2D eigenvalue weighted by Gasteiger charge is -2.49. The number of ketones is 1. The molecule has 1 aromatic carbocycles. The van der Waals surface area contributed by atoms with Crippen LogP contribution in [-0.2, 0) is 52.3 Å². The fourth-order valence-electron chi connectivity index (χ4n) is 11.0. The molecule has 2 aromatic rings. The van der Waals surface area contributed by atoms with Crippen molar-refractivity contribution >= 4 is 34.6 Å². The second-order valence-corrected chi connectivity index (χ2v) is 21.6. The van der Waals surface area contributed by atoms with Gasteiger partial charge in [-0.3, -0.25) is 23.9 Å². The maximum atomic E-state index is 14.3. The first-order chi connectivity index (χ1) is 34.7. The van der Waals surface area contributed by atoms with Crippen LogP contribution in [0.25, 0.3) is 10.9 Å². The van der Waals surface area contributed by atoms with Gasteiger partial charge in [0.2, 0.25) is 5.43 Å². The van der Waals surface area contributed by atoms with Crippen LogP contribution in [0.4, 0.5) is 0 Å². The lowest BCUT2D eigenvalue weighted by atomic mass is 9.69. The number of hydrogen-bond donors (Lipinski definition) is 5. The highest BCUT2D eigenvalue weighted by molar-refractivity contribution is 5.93. The standard InChI is InChI=1S/C52H80N4O18/c1-27-24-50(6,66-12)45(74-49-42(60)36(54(8)9)22-28(2)69-49)29(3)43(30(4)48(64)71-37-16-18-52(37,65)44(61)40(27)58)73-39-25-51(7,67-13)46(31(5)70-39)72-38(57)17-19-53-20-21-68-32-14-15-33-35(23-32)56(55(10)11)26-34(41(33)59)47(62)63/h14-15,23,26-31,36-37,39,42-46,49,53,60-61,65H,16-22,24-25H2,1-13H3,(H,62,63)/t27-,28-,29+,30-,31+,36+,37-,39+,42-,43+,44-,45-,46+,49+,50-,51-,52-/m1/s1. The van der Waals surface area contributed by atoms with Gasteiger partial charge < -0.3 is 78.3 Å². The van der Waals surface area contributed by atoms with Crippen LogP contribution in [0.5, 0.6) is 5.75 Å². The van der Waals surface area contributed by atoms with Crippen LogP contribution in [0.1, 0.15) is 97.3 Å². The highest BCUT2D eigenvalue weighted by Gasteiger charge is 2.59. The predicted molar refractivity (Wildman–Crippen MR) is 267 cm³/mol. The molecule has 1 aromatic heterocycles. The molecule has 4 heterocycles. The molecule has 5 N–H and O–H groups in total. The Bertz CT molecular complexity index is 2370. The number of aromatic nitrogens is 1. The van der Waals surface area contributed by atoms with E-state index in [0.717, 1.165) is 0 Å². The SMILES string of the molecule is CO[C@]1(C)C[C@@H](C)C(=O)[C@@H](O)[C@@]2(O)CC[C@H]2OC(=O)[C@H](C)[C@@H](O[C@H]2C[C@@](C)(OC)[C@@H](OC(=O)CCNCCOc3ccc4c(=O)c(C(=O)O)cn(N(C)C)c4c3)[C@H](C)O2)[C@H](C)[C@H]1O[C@@H]1O[C@H](C)C[C@H](N(C)C)[C@H]1O. The summed E-state index contributed by atoms with van der Waals surface area (Å²) in [5, 5.41) is 49.2. The third-order valence-corrected chi connectivity index (χ3v) is 15.7. The number of carboxylic acids is 1. The lowest BCUT2D eigenvalue weighted by molar-refractivity contribution is -0.320. The number of nitrogens with one attached hydrogen (secondary N) is 1. The van der Waals surface area contributed by atoms with Crippen molar-refractivity contribution in [2.45, 2.75) is 171 Å². The molecule has 0 radical (unpaired) electrons. The molecule has 1 aliphatic carbocycles. The van der Waals surface area contributed by atoms with Crippen molar-refractivity contribution in [3.05, 3.63) is 40.2 Å². The van der Waals surface area contributed by atoms with Crippen molar-refractivity contribution in [2.75, 3.05) is 67.1 Å². The smallest absolute Gasteiger partial charge is 0.341 e. The van der Waals surface area contributed by atoms with Crippen molar-refractivity contribution in [1.29, 1.82) is 0 Å². The molecule has 22 heteroatoms. The molecular weight excluding hydrogens is 969 g/mol. The summed E-state index contributed by atoms with van der Waals surface area (Å²) in [4.78, 5) is 68.0. The number of carbonyl (C=O) groups is 4. The van der Waals surface area contributed by atoms with Gasteiger partial charge >= 0.3 is 17.9 Å². The van der Waals surface area contributed by atoms with E-state index < -0.39 is 119 Å². The highest BCUT2D eigenvalue weighted by Crippen LogP contribution is 2.44. The molecule has 17 atom stereocenters. The third-order valence-electron chi connectivity index (χ3n) is 15.7. The summed E-state index contributed by atoms with van der Waals surface area (Å²) in [5.41, 5.74) is -5.01. The Morgan fingerprint density at radius 1 is 0.919 bits per heavy atom. The van der Waals surface area contributed by atoms with E-state index in [9.17, 15) is 44.4 Å². The molecule has 0 amide bonds. The number of aliphatic hydroxyl groups is 3. The van der Waals surface area contributed by atoms with Crippen LogP contribution < -0.4 is 20.5 Å². The Morgan fingerprint density at radius 3 is 2.20 bits per heavy atom. The first-order valence-corrected chi connectivity index (χ1v) is 25.5. The first-order valence-electron chi connectivity index (χ1n) is 25.5. The predicted octanol–water partition coefficient (Wildman–Crippen LogP) is 1.99. The number of benzene rings is 1. The van der Waals surface area contributed by atoms with E-state index in [4.69, 9.17) is 42.6 Å². The Kier molecular flexibility index (Phi) is 19.0. The van der Waals surface area contributed by atoms with Gasteiger partial charge in [-0.25, -0.2) is 4.79 Å². The molecule has 0 unspecified atom stereocenters. The van der Waals surface area contributed by atoms with Crippen molar-refractivity contribution in [3.63, 3.8) is 0 Å². The quantitative estimate of drug-likeness (QED) is 0.112. The monoisotopic (exact) mass is 1050 g/mol. The number of nitrogens with zero attached hydrogens (tertiary/aromatic N) is 3. The molecule has 3 aliphatic heterocycles. The van der Waals surface area contributed by atoms with Crippen LogP contribution >= 0.6 is 0 Å². The fourth-order valence-corrected chi connectivity index (χ4v) is 11.0. The number of esters is 2. The number of hydrogen-bond acceptors (Lipinski definition) is 20. The largest absolute Gasteiger partial charge is 0.492 e. The van der Waals surface area contributed by atoms with Crippen LogP contribution in [0.3, 0.4) is 0 Å². The van der Waals surface area contributed by atoms with Gasteiger partial charge in [-0.2, -0.15) is 0 Å². The zero-order valence-corrected chi connectivity index (χ0v) is 45.1. The maximum absolute atomic E-state index is 14.3. The van der Waals surface area contributed by atoms with E-state index in [1.807, 2.05) is 25.9 Å². The van der Waals surface area contributed by atoms with Crippen LogP contribution in [0.2, 0.25) is 0 Å². The van der Waals surface area contributed by atoms with Crippen molar-refractivity contribution in [3.8, 4) is 5.75 Å². The number of likely N-dealkylation sites (N-methyl/N-ethyl adjacent to an activating group) is 1. The number of pyridine rings is 1. The normalized spacial score (nSPS) is 37.1. The number of aliphatic hydroxyl groups excluding tert-OH is 2. The second kappa shape index (κ2) is 23.9. The number of methoxy groups -OCH3 is 2. The zero-order valence-electron chi connectivity index (χ0n) is 45.1. The number of Topliss-reactive ketones (excluding diaryl/α,β-unsaturated/α-hetero) is 1. The maximum Gasteiger partial charge on any atom is 0.341 e. The van der Waals surface area contributed by atoms with Gasteiger partial charge in [0.15, 0.2) is 24.5 Å². The zero-order chi connectivity index (χ0) is 54.8. The summed E-state index contributed by atoms with van der Waals surface area (Å²) in [6, 6.07) is 4.43. The van der Waals surface area contributed by atoms with Gasteiger partial charge in [0.05, 0.1) is 47.9 Å². The van der Waals surface area contributed by atoms with Gasteiger partial charge in [-0.05, 0) is 86.5 Å². The Balaban J connectivity index is 1.16. The van der Waals surface area contributed by atoms with E-state index in [-0.39, 0.29) is 68.4 Å². The molecule has 1 saturated carbocycles. The van der Waals surface area contributed by atoms with Gasteiger partial charge in [0.1, 0.15) is 47.4 Å². The molecule has 0 bridgehead atoms. The molecule has 0 spiro atoms. The molecule has 74 heavy (non-hydrogen) atoms. The fraction of sp³-hybridized carbons (Fsp3) is 0.750. The number of ether oxygens (including phenoxy) is 9. The van der Waals surface area contributed by atoms with E-state index >= 15 is 0 Å². The number of rotatable bonds is 17.